The van der Waals surface area contributed by atoms with Crippen LogP contribution < -0.4 is 10.5 Å². The summed E-state index contributed by atoms with van der Waals surface area (Å²) in [6, 6.07) is 5.82. The van der Waals surface area contributed by atoms with Crippen molar-refractivity contribution in [3.05, 3.63) is 40.9 Å². The highest BCUT2D eigenvalue weighted by atomic mass is 79.9. The number of hydrogen-bond acceptors (Lipinski definition) is 2. The predicted octanol–water partition coefficient (Wildman–Crippen LogP) is 3.03. The summed E-state index contributed by atoms with van der Waals surface area (Å²) in [5.74, 6) is 0.814. The van der Waals surface area contributed by atoms with Crippen molar-refractivity contribution in [3.63, 3.8) is 0 Å². The van der Waals surface area contributed by atoms with Gasteiger partial charge in [0.15, 0.2) is 0 Å². The summed E-state index contributed by atoms with van der Waals surface area (Å²) in [6.45, 7) is 6.04. The first-order valence-corrected chi connectivity index (χ1v) is 5.23. The molecule has 0 saturated heterocycles. The van der Waals surface area contributed by atoms with Gasteiger partial charge < -0.3 is 10.5 Å². The van der Waals surface area contributed by atoms with Gasteiger partial charge in [0.1, 0.15) is 12.4 Å². The Morgan fingerprint density at radius 2 is 2.36 bits per heavy atom. The molecule has 0 radical (unpaired) electrons. The number of nitrogens with two attached hydrogens (primary N) is 1. The van der Waals surface area contributed by atoms with Crippen molar-refractivity contribution in [2.75, 3.05) is 6.61 Å². The standard InChI is InChI=1S/C11H14BrNO/c1-3-6-14-11-7-9(12)4-5-10(11)8(2)13/h3-5,7-8H,1,6,13H2,2H3. The maximum absolute atomic E-state index is 5.82. The molecule has 0 heterocycles. The van der Waals surface area contributed by atoms with Gasteiger partial charge in [-0.15, -0.1) is 0 Å². The Balaban J connectivity index is 2.96. The summed E-state index contributed by atoms with van der Waals surface area (Å²) in [7, 11) is 0. The molecule has 1 aromatic rings. The first-order chi connectivity index (χ1) is 6.65. The average molecular weight is 256 g/mol. The molecule has 1 unspecified atom stereocenters. The maximum atomic E-state index is 5.82. The van der Waals surface area contributed by atoms with E-state index < -0.39 is 0 Å². The van der Waals surface area contributed by atoms with E-state index in [1.54, 1.807) is 6.08 Å². The minimum atomic E-state index is -0.0251. The number of benzene rings is 1. The van der Waals surface area contributed by atoms with Gasteiger partial charge >= 0.3 is 0 Å². The smallest absolute Gasteiger partial charge is 0.125 e. The van der Waals surface area contributed by atoms with Gasteiger partial charge in [-0.3, -0.25) is 0 Å². The average Bonchev–Trinajstić information content (AvgIpc) is 2.14. The van der Waals surface area contributed by atoms with Crippen LogP contribution in [0.5, 0.6) is 5.75 Å². The second-order valence-electron chi connectivity index (χ2n) is 3.07. The number of halogens is 1. The largest absolute Gasteiger partial charge is 0.489 e. The monoisotopic (exact) mass is 255 g/mol. The molecule has 0 saturated carbocycles. The molecule has 2 nitrogen and oxygen atoms in total. The molecule has 0 aliphatic heterocycles. The van der Waals surface area contributed by atoms with E-state index in [9.17, 15) is 0 Å². The lowest BCUT2D eigenvalue weighted by Crippen LogP contribution is -2.08. The highest BCUT2D eigenvalue weighted by molar-refractivity contribution is 9.10. The van der Waals surface area contributed by atoms with Crippen molar-refractivity contribution in [1.82, 2.24) is 0 Å². The molecule has 0 aliphatic carbocycles. The van der Waals surface area contributed by atoms with Crippen LogP contribution in [0.2, 0.25) is 0 Å². The Labute approximate surface area is 92.9 Å². The Bertz CT molecular complexity index is 323. The van der Waals surface area contributed by atoms with Gasteiger partial charge in [0.2, 0.25) is 0 Å². The molecule has 76 valence electrons. The quantitative estimate of drug-likeness (QED) is 0.840. The summed E-state index contributed by atoms with van der Waals surface area (Å²) in [6.07, 6.45) is 1.71. The van der Waals surface area contributed by atoms with E-state index in [0.29, 0.717) is 6.61 Å². The van der Waals surface area contributed by atoms with E-state index in [0.717, 1.165) is 15.8 Å². The van der Waals surface area contributed by atoms with Gasteiger partial charge in [-0.25, -0.2) is 0 Å². The van der Waals surface area contributed by atoms with E-state index in [4.69, 9.17) is 10.5 Å². The molecule has 0 fully saturated rings. The van der Waals surface area contributed by atoms with E-state index in [1.165, 1.54) is 0 Å². The second kappa shape index (κ2) is 5.17. The van der Waals surface area contributed by atoms with E-state index in [1.807, 2.05) is 25.1 Å². The van der Waals surface area contributed by atoms with Gasteiger partial charge in [-0.2, -0.15) is 0 Å². The third-order valence-electron chi connectivity index (χ3n) is 1.82. The van der Waals surface area contributed by atoms with E-state index in [-0.39, 0.29) is 6.04 Å². The predicted molar refractivity (Wildman–Crippen MR) is 62.4 cm³/mol. The fourth-order valence-corrected chi connectivity index (χ4v) is 1.50. The Kier molecular flexibility index (Phi) is 4.17. The lowest BCUT2D eigenvalue weighted by atomic mass is 10.1. The zero-order valence-corrected chi connectivity index (χ0v) is 9.75. The fraction of sp³-hybridized carbons (Fsp3) is 0.273. The maximum Gasteiger partial charge on any atom is 0.125 e. The molecule has 0 aliphatic rings. The Morgan fingerprint density at radius 1 is 1.64 bits per heavy atom. The Hall–Kier alpha value is -0.800. The minimum Gasteiger partial charge on any atom is -0.489 e. The van der Waals surface area contributed by atoms with Crippen LogP contribution in [0, 0.1) is 0 Å². The highest BCUT2D eigenvalue weighted by Crippen LogP contribution is 2.27. The van der Waals surface area contributed by atoms with Gasteiger partial charge in [0.25, 0.3) is 0 Å². The third-order valence-corrected chi connectivity index (χ3v) is 2.32. The van der Waals surface area contributed by atoms with Crippen LogP contribution in [0.1, 0.15) is 18.5 Å². The van der Waals surface area contributed by atoms with Crippen LogP contribution in [0.4, 0.5) is 0 Å². The summed E-state index contributed by atoms with van der Waals surface area (Å²) in [5, 5.41) is 0. The van der Waals surface area contributed by atoms with Gasteiger partial charge in [0, 0.05) is 16.1 Å². The van der Waals surface area contributed by atoms with Crippen LogP contribution in [-0.4, -0.2) is 6.61 Å². The molecular weight excluding hydrogens is 242 g/mol. The number of ether oxygens (including phenoxy) is 1. The molecule has 1 aromatic carbocycles. The summed E-state index contributed by atoms with van der Waals surface area (Å²) in [5.41, 5.74) is 6.82. The molecule has 14 heavy (non-hydrogen) atoms. The zero-order valence-electron chi connectivity index (χ0n) is 8.16. The lowest BCUT2D eigenvalue weighted by Gasteiger charge is -2.13. The van der Waals surface area contributed by atoms with Crippen molar-refractivity contribution < 1.29 is 4.74 Å². The van der Waals surface area contributed by atoms with Crippen molar-refractivity contribution in [1.29, 1.82) is 0 Å². The fourth-order valence-electron chi connectivity index (χ4n) is 1.16. The molecule has 3 heteroatoms. The topological polar surface area (TPSA) is 35.2 Å². The van der Waals surface area contributed by atoms with Crippen LogP contribution in [0.25, 0.3) is 0 Å². The minimum absolute atomic E-state index is 0.0251. The molecule has 2 N–H and O–H groups in total. The van der Waals surface area contributed by atoms with Crippen LogP contribution >= 0.6 is 15.9 Å². The van der Waals surface area contributed by atoms with Crippen LogP contribution in [-0.2, 0) is 0 Å². The van der Waals surface area contributed by atoms with Crippen LogP contribution in [0.15, 0.2) is 35.3 Å². The summed E-state index contributed by atoms with van der Waals surface area (Å²) in [4.78, 5) is 0. The normalized spacial score (nSPS) is 12.2. The van der Waals surface area contributed by atoms with Crippen molar-refractivity contribution >= 4 is 15.9 Å². The molecule has 0 bridgehead atoms. The first kappa shape index (κ1) is 11.3. The van der Waals surface area contributed by atoms with E-state index >= 15 is 0 Å². The van der Waals surface area contributed by atoms with Crippen molar-refractivity contribution in [2.24, 2.45) is 5.73 Å². The van der Waals surface area contributed by atoms with Gasteiger partial charge in [-0.05, 0) is 19.1 Å². The molecule has 1 atom stereocenters. The number of hydrogen-bond donors (Lipinski definition) is 1. The molecule has 0 spiro atoms. The second-order valence-corrected chi connectivity index (χ2v) is 3.99. The zero-order chi connectivity index (χ0) is 10.6. The highest BCUT2D eigenvalue weighted by Gasteiger charge is 2.07. The van der Waals surface area contributed by atoms with Gasteiger partial charge in [0.05, 0.1) is 0 Å². The molecular formula is C11H14BrNO. The van der Waals surface area contributed by atoms with Crippen molar-refractivity contribution in [3.8, 4) is 5.75 Å². The van der Waals surface area contributed by atoms with Gasteiger partial charge in [-0.1, -0.05) is 34.7 Å². The summed E-state index contributed by atoms with van der Waals surface area (Å²) < 4.78 is 6.49. The molecule has 0 aromatic heterocycles. The third kappa shape index (κ3) is 2.86. The SMILES string of the molecule is C=CCOc1cc(Br)ccc1C(C)N. The molecule has 1 rings (SSSR count). The van der Waals surface area contributed by atoms with E-state index in [2.05, 4.69) is 22.5 Å². The lowest BCUT2D eigenvalue weighted by molar-refractivity contribution is 0.357. The van der Waals surface area contributed by atoms with Crippen molar-refractivity contribution in [2.45, 2.75) is 13.0 Å². The Morgan fingerprint density at radius 3 is 2.93 bits per heavy atom. The number of rotatable bonds is 4. The summed E-state index contributed by atoms with van der Waals surface area (Å²) >= 11 is 3.39. The molecule has 0 amide bonds. The van der Waals surface area contributed by atoms with Crippen LogP contribution in [0.3, 0.4) is 0 Å². The first-order valence-electron chi connectivity index (χ1n) is 4.44.